The van der Waals surface area contributed by atoms with E-state index in [1.165, 1.54) is 0 Å². The molecule has 0 fully saturated rings. The molecule has 3 unspecified atom stereocenters. The van der Waals surface area contributed by atoms with Gasteiger partial charge >= 0.3 is 11.9 Å². The number of carboxylic acids is 2. The van der Waals surface area contributed by atoms with Gasteiger partial charge in [-0.15, -0.1) is 0 Å². The number of nitrogens with zero attached hydrogens (tertiary/aromatic N) is 1. The molecule has 166 valence electrons. The Morgan fingerprint density at radius 1 is 0.966 bits per heavy atom. The van der Waals surface area contributed by atoms with Crippen molar-refractivity contribution in [3.8, 4) is 0 Å². The average Bonchev–Trinajstić information content (AvgIpc) is 2.60. The lowest BCUT2D eigenvalue weighted by Crippen LogP contribution is -2.54. The predicted octanol–water partition coefficient (Wildman–Crippen LogP) is -1.67. The zero-order valence-corrected chi connectivity index (χ0v) is 16.8. The Labute approximate surface area is 169 Å². The van der Waals surface area contributed by atoms with Gasteiger partial charge in [-0.1, -0.05) is 13.8 Å². The molecule has 0 aromatic heterocycles. The van der Waals surface area contributed by atoms with Gasteiger partial charge in [0.05, 0.1) is 6.04 Å². The van der Waals surface area contributed by atoms with Crippen molar-refractivity contribution in [2.24, 2.45) is 28.1 Å². The molecule has 0 heterocycles. The summed E-state index contributed by atoms with van der Waals surface area (Å²) in [6.07, 6.45) is 0.252. The molecule has 0 aliphatic carbocycles. The second kappa shape index (κ2) is 13.3. The van der Waals surface area contributed by atoms with Crippen LogP contribution in [0, 0.1) is 5.92 Å². The minimum absolute atomic E-state index is 0.00194. The fourth-order valence-corrected chi connectivity index (χ4v) is 2.43. The highest BCUT2D eigenvalue weighted by Crippen LogP contribution is 2.07. The topological polar surface area (TPSA) is 223 Å². The maximum Gasteiger partial charge on any atom is 0.326 e. The lowest BCUT2D eigenvalue weighted by atomic mass is 10.0. The smallest absolute Gasteiger partial charge is 0.326 e. The van der Waals surface area contributed by atoms with E-state index in [-0.39, 0.29) is 44.1 Å². The molecule has 2 amide bonds. The molecule has 0 radical (unpaired) electrons. The first-order chi connectivity index (χ1) is 13.4. The first kappa shape index (κ1) is 26.1. The number of aliphatic carboxylic acids is 2. The lowest BCUT2D eigenvalue weighted by molar-refractivity contribution is -0.143. The molecule has 0 aliphatic heterocycles. The number of hydrogen-bond donors (Lipinski definition) is 7. The number of guanidine groups is 1. The summed E-state index contributed by atoms with van der Waals surface area (Å²) in [5, 5.41) is 22.9. The van der Waals surface area contributed by atoms with Crippen molar-refractivity contribution in [1.29, 1.82) is 0 Å². The number of aliphatic imine (C=N–C) groups is 1. The monoisotopic (exact) mass is 416 g/mol. The van der Waals surface area contributed by atoms with E-state index in [4.69, 9.17) is 22.3 Å². The van der Waals surface area contributed by atoms with Crippen LogP contribution in [-0.4, -0.2) is 64.6 Å². The van der Waals surface area contributed by atoms with Crippen molar-refractivity contribution in [2.75, 3.05) is 6.54 Å². The minimum Gasteiger partial charge on any atom is -0.481 e. The van der Waals surface area contributed by atoms with Crippen LogP contribution in [0.5, 0.6) is 0 Å². The number of nitrogens with two attached hydrogens (primary N) is 3. The molecular weight excluding hydrogens is 384 g/mol. The number of carboxylic acid groups (broad SMARTS) is 2. The Bertz CT molecular complexity index is 605. The van der Waals surface area contributed by atoms with E-state index >= 15 is 0 Å². The standard InChI is InChI=1S/C17H32N6O6/c1-9(2)8-12(16(28)29)23-15(27)11(5-6-13(24)25)22-14(26)10(18)4-3-7-21-17(19)20/h9-12H,3-8,18H2,1-2H3,(H,22,26)(H,23,27)(H,24,25)(H,28,29)(H4,19,20,21). The van der Waals surface area contributed by atoms with E-state index in [2.05, 4.69) is 15.6 Å². The van der Waals surface area contributed by atoms with Crippen LogP contribution < -0.4 is 27.8 Å². The van der Waals surface area contributed by atoms with Gasteiger partial charge in [-0.05, 0) is 31.6 Å². The molecule has 0 aromatic rings. The van der Waals surface area contributed by atoms with Crippen molar-refractivity contribution in [1.82, 2.24) is 10.6 Å². The highest BCUT2D eigenvalue weighted by molar-refractivity contribution is 5.92. The summed E-state index contributed by atoms with van der Waals surface area (Å²) < 4.78 is 0. The molecule has 12 heteroatoms. The van der Waals surface area contributed by atoms with Crippen molar-refractivity contribution in [2.45, 2.75) is 64.1 Å². The van der Waals surface area contributed by atoms with E-state index in [0.717, 1.165) is 0 Å². The molecule has 12 nitrogen and oxygen atoms in total. The summed E-state index contributed by atoms with van der Waals surface area (Å²) in [7, 11) is 0. The van der Waals surface area contributed by atoms with Crippen LogP contribution in [0.1, 0.15) is 46.0 Å². The Morgan fingerprint density at radius 2 is 1.55 bits per heavy atom. The molecule has 3 atom stereocenters. The molecule has 0 rings (SSSR count). The van der Waals surface area contributed by atoms with Crippen molar-refractivity contribution in [3.63, 3.8) is 0 Å². The molecule has 0 saturated carbocycles. The summed E-state index contributed by atoms with van der Waals surface area (Å²) in [5.74, 6) is -3.89. The van der Waals surface area contributed by atoms with Crippen molar-refractivity contribution in [3.05, 3.63) is 0 Å². The maximum atomic E-state index is 12.5. The summed E-state index contributed by atoms with van der Waals surface area (Å²) in [4.78, 5) is 50.7. The van der Waals surface area contributed by atoms with Crippen LogP contribution in [-0.2, 0) is 19.2 Å². The van der Waals surface area contributed by atoms with Gasteiger partial charge in [0.15, 0.2) is 5.96 Å². The van der Waals surface area contributed by atoms with Crippen LogP contribution in [0.4, 0.5) is 0 Å². The minimum atomic E-state index is -1.23. The zero-order valence-electron chi connectivity index (χ0n) is 16.8. The quantitative estimate of drug-likeness (QED) is 0.0975. The van der Waals surface area contributed by atoms with E-state index in [1.807, 2.05) is 0 Å². The SMILES string of the molecule is CC(C)CC(NC(=O)C(CCC(=O)O)NC(=O)C(N)CCCN=C(N)N)C(=O)O. The van der Waals surface area contributed by atoms with Crippen LogP contribution in [0.2, 0.25) is 0 Å². The van der Waals surface area contributed by atoms with E-state index in [1.54, 1.807) is 13.8 Å². The third-order valence-electron chi connectivity index (χ3n) is 3.91. The highest BCUT2D eigenvalue weighted by Gasteiger charge is 2.28. The molecule has 0 bridgehead atoms. The van der Waals surface area contributed by atoms with Gasteiger partial charge in [0, 0.05) is 13.0 Å². The third-order valence-corrected chi connectivity index (χ3v) is 3.91. The summed E-state index contributed by atoms with van der Waals surface area (Å²) in [5.41, 5.74) is 16.2. The fraction of sp³-hybridized carbons (Fsp3) is 0.706. The molecule has 0 saturated heterocycles. The van der Waals surface area contributed by atoms with Crippen LogP contribution >= 0.6 is 0 Å². The zero-order chi connectivity index (χ0) is 22.6. The molecular formula is C17H32N6O6. The summed E-state index contributed by atoms with van der Waals surface area (Å²) in [6.45, 7) is 3.88. The Morgan fingerprint density at radius 3 is 2.03 bits per heavy atom. The average molecular weight is 416 g/mol. The van der Waals surface area contributed by atoms with Gasteiger partial charge in [0.1, 0.15) is 12.1 Å². The summed E-state index contributed by atoms with van der Waals surface area (Å²) >= 11 is 0. The number of amides is 2. The van der Waals surface area contributed by atoms with E-state index in [0.29, 0.717) is 6.42 Å². The predicted molar refractivity (Wildman–Crippen MR) is 106 cm³/mol. The van der Waals surface area contributed by atoms with Gasteiger partial charge < -0.3 is 38.0 Å². The fourth-order valence-electron chi connectivity index (χ4n) is 2.43. The van der Waals surface area contributed by atoms with Gasteiger partial charge in [-0.25, -0.2) is 4.79 Å². The molecule has 29 heavy (non-hydrogen) atoms. The third kappa shape index (κ3) is 12.2. The van der Waals surface area contributed by atoms with E-state index in [9.17, 15) is 24.3 Å². The second-order valence-corrected chi connectivity index (χ2v) is 7.08. The van der Waals surface area contributed by atoms with E-state index < -0.39 is 41.9 Å². The number of rotatable bonds is 14. The normalized spacial score (nSPS) is 13.8. The second-order valence-electron chi connectivity index (χ2n) is 7.08. The Hall–Kier alpha value is -2.89. The number of hydrogen-bond acceptors (Lipinski definition) is 6. The lowest BCUT2D eigenvalue weighted by Gasteiger charge is -2.23. The summed E-state index contributed by atoms with van der Waals surface area (Å²) in [6, 6.07) is -3.34. The van der Waals surface area contributed by atoms with Crippen LogP contribution in [0.25, 0.3) is 0 Å². The Kier molecular flexibility index (Phi) is 12.0. The first-order valence-electron chi connectivity index (χ1n) is 9.30. The molecule has 0 aliphatic rings. The van der Waals surface area contributed by atoms with Crippen LogP contribution in [0.15, 0.2) is 4.99 Å². The number of carbonyl (C=O) groups excluding carboxylic acids is 2. The maximum absolute atomic E-state index is 12.5. The van der Waals surface area contributed by atoms with Gasteiger partial charge in [0.25, 0.3) is 0 Å². The van der Waals surface area contributed by atoms with Gasteiger partial charge in [0.2, 0.25) is 11.8 Å². The van der Waals surface area contributed by atoms with Gasteiger partial charge in [-0.3, -0.25) is 19.4 Å². The van der Waals surface area contributed by atoms with Crippen molar-refractivity contribution < 1.29 is 29.4 Å². The molecule has 10 N–H and O–H groups in total. The van der Waals surface area contributed by atoms with Gasteiger partial charge in [-0.2, -0.15) is 0 Å². The largest absolute Gasteiger partial charge is 0.481 e. The highest BCUT2D eigenvalue weighted by atomic mass is 16.4. The first-order valence-corrected chi connectivity index (χ1v) is 9.30. The Balaban J connectivity index is 4.99. The van der Waals surface area contributed by atoms with Crippen LogP contribution in [0.3, 0.4) is 0 Å². The van der Waals surface area contributed by atoms with Crippen molar-refractivity contribution >= 4 is 29.7 Å². The number of nitrogens with one attached hydrogen (secondary N) is 2. The number of carbonyl (C=O) groups is 4. The molecule has 0 spiro atoms. The molecule has 0 aromatic carbocycles.